The zero-order chi connectivity index (χ0) is 12.8. The van der Waals surface area contributed by atoms with Crippen LogP contribution in [0.25, 0.3) is 0 Å². The van der Waals surface area contributed by atoms with E-state index in [9.17, 15) is 4.79 Å². The van der Waals surface area contributed by atoms with Gasteiger partial charge in [0, 0.05) is 36.0 Å². The van der Waals surface area contributed by atoms with Crippen molar-refractivity contribution in [2.75, 3.05) is 23.4 Å². The largest absolute Gasteiger partial charge is 0.355 e. The summed E-state index contributed by atoms with van der Waals surface area (Å²) in [5.41, 5.74) is 0.928. The molecule has 9 heteroatoms. The highest BCUT2D eigenvalue weighted by Crippen LogP contribution is 2.10. The van der Waals surface area contributed by atoms with Gasteiger partial charge in [-0.2, -0.15) is 11.8 Å². The molecule has 0 aliphatic carbocycles. The maximum absolute atomic E-state index is 11.0. The van der Waals surface area contributed by atoms with E-state index in [1.54, 1.807) is 18.1 Å². The third kappa shape index (κ3) is 5.94. The van der Waals surface area contributed by atoms with Gasteiger partial charge in [-0.05, 0) is 6.92 Å². The van der Waals surface area contributed by atoms with E-state index in [4.69, 9.17) is 0 Å². The van der Waals surface area contributed by atoms with E-state index in [1.165, 1.54) is 12.3 Å². The second kappa shape index (κ2) is 9.79. The number of anilines is 1. The SMILES string of the molecule is CC1=NC=NC1CSCCNc1nccc(=O)[nH]1.Cl.Cl. The molecule has 1 atom stereocenters. The highest BCUT2D eigenvalue weighted by molar-refractivity contribution is 7.99. The molecule has 0 amide bonds. The number of nitrogens with one attached hydrogen (secondary N) is 2. The van der Waals surface area contributed by atoms with Gasteiger partial charge in [-0.15, -0.1) is 24.8 Å². The fourth-order valence-electron chi connectivity index (χ4n) is 1.46. The molecule has 0 radical (unpaired) electrons. The first-order chi connectivity index (χ1) is 8.75. The van der Waals surface area contributed by atoms with Crippen LogP contribution >= 0.6 is 36.6 Å². The Hall–Kier alpha value is -1.05. The zero-order valence-electron chi connectivity index (χ0n) is 10.9. The smallest absolute Gasteiger partial charge is 0.252 e. The summed E-state index contributed by atoms with van der Waals surface area (Å²) in [5.74, 6) is 2.38. The van der Waals surface area contributed by atoms with Crippen LogP contribution in [0.4, 0.5) is 5.95 Å². The van der Waals surface area contributed by atoms with Gasteiger partial charge in [-0.1, -0.05) is 0 Å². The molecule has 0 spiro atoms. The zero-order valence-corrected chi connectivity index (χ0v) is 13.4. The topological polar surface area (TPSA) is 82.5 Å². The summed E-state index contributed by atoms with van der Waals surface area (Å²) in [5, 5.41) is 3.07. The maximum Gasteiger partial charge on any atom is 0.252 e. The molecule has 1 aromatic rings. The monoisotopic (exact) mass is 337 g/mol. The molecule has 6 nitrogen and oxygen atoms in total. The minimum atomic E-state index is -0.146. The third-order valence-corrected chi connectivity index (χ3v) is 3.52. The van der Waals surface area contributed by atoms with E-state index in [0.717, 1.165) is 23.8 Å². The molecule has 1 aromatic heterocycles. The lowest BCUT2D eigenvalue weighted by molar-refractivity contribution is 1.01. The second-order valence-corrected chi connectivity index (χ2v) is 4.99. The molecular formula is C11H17Cl2N5OS. The van der Waals surface area contributed by atoms with Crippen molar-refractivity contribution < 1.29 is 0 Å². The number of hydrogen-bond acceptors (Lipinski definition) is 6. The fourth-order valence-corrected chi connectivity index (χ4v) is 2.42. The lowest BCUT2D eigenvalue weighted by atomic mass is 10.2. The Morgan fingerprint density at radius 3 is 2.90 bits per heavy atom. The molecule has 112 valence electrons. The van der Waals surface area contributed by atoms with Crippen LogP contribution in [0.2, 0.25) is 0 Å². The average molecular weight is 338 g/mol. The van der Waals surface area contributed by atoms with Gasteiger partial charge in [-0.25, -0.2) is 9.98 Å². The minimum absolute atomic E-state index is 0. The number of halogens is 2. The third-order valence-electron chi connectivity index (χ3n) is 2.48. The predicted molar refractivity (Wildman–Crippen MR) is 90.6 cm³/mol. The summed E-state index contributed by atoms with van der Waals surface area (Å²) in [6.45, 7) is 2.75. The number of nitrogens with zero attached hydrogens (tertiary/aromatic N) is 3. The Balaban J connectivity index is 0.00000180. The van der Waals surface area contributed by atoms with Crippen molar-refractivity contribution in [2.45, 2.75) is 13.0 Å². The van der Waals surface area contributed by atoms with Crippen molar-refractivity contribution in [3.63, 3.8) is 0 Å². The first-order valence-corrected chi connectivity index (χ1v) is 6.84. The van der Waals surface area contributed by atoms with Crippen molar-refractivity contribution in [2.24, 2.45) is 9.98 Å². The molecule has 1 aliphatic rings. The van der Waals surface area contributed by atoms with Crippen molar-refractivity contribution >= 4 is 54.6 Å². The van der Waals surface area contributed by atoms with Crippen molar-refractivity contribution in [1.82, 2.24) is 9.97 Å². The van der Waals surface area contributed by atoms with Crippen LogP contribution in [0.15, 0.2) is 27.0 Å². The molecule has 2 heterocycles. The quantitative estimate of drug-likeness (QED) is 0.773. The van der Waals surface area contributed by atoms with Gasteiger partial charge in [0.05, 0.1) is 6.04 Å². The van der Waals surface area contributed by atoms with Crippen LogP contribution in [0.5, 0.6) is 0 Å². The predicted octanol–water partition coefficient (Wildman–Crippen LogP) is 1.63. The van der Waals surface area contributed by atoms with Gasteiger partial charge >= 0.3 is 0 Å². The number of hydrogen-bond donors (Lipinski definition) is 2. The molecule has 1 aliphatic heterocycles. The molecule has 0 saturated heterocycles. The van der Waals surface area contributed by atoms with Crippen LogP contribution < -0.4 is 10.9 Å². The number of H-pyrrole nitrogens is 1. The molecule has 0 saturated carbocycles. The molecule has 0 aromatic carbocycles. The van der Waals surface area contributed by atoms with Crippen LogP contribution in [-0.4, -0.2) is 46.1 Å². The van der Waals surface area contributed by atoms with Crippen molar-refractivity contribution in [3.8, 4) is 0 Å². The van der Waals surface area contributed by atoms with Gasteiger partial charge < -0.3 is 5.32 Å². The summed E-state index contributed by atoms with van der Waals surface area (Å²) in [6.07, 6.45) is 3.11. The lowest BCUT2D eigenvalue weighted by Gasteiger charge is -2.08. The highest BCUT2D eigenvalue weighted by Gasteiger charge is 2.12. The maximum atomic E-state index is 11.0. The van der Waals surface area contributed by atoms with Gasteiger partial charge in [0.25, 0.3) is 5.56 Å². The standard InChI is InChI=1S/C11H15N5OS.2ClH/c1-8-9(15-7-14-8)6-18-5-4-13-11-12-3-2-10(17)16-11;;/h2-3,7,9H,4-6H2,1H3,(H2,12,13,16,17);2*1H. The number of aliphatic imine (C=N–C) groups is 2. The highest BCUT2D eigenvalue weighted by atomic mass is 35.5. The molecule has 20 heavy (non-hydrogen) atoms. The van der Waals surface area contributed by atoms with E-state index >= 15 is 0 Å². The van der Waals surface area contributed by atoms with Crippen LogP contribution in [0, 0.1) is 0 Å². The van der Waals surface area contributed by atoms with E-state index in [-0.39, 0.29) is 36.4 Å². The Labute approximate surface area is 133 Å². The summed E-state index contributed by atoms with van der Waals surface area (Å²) >= 11 is 1.80. The number of thioether (sulfide) groups is 1. The van der Waals surface area contributed by atoms with E-state index < -0.39 is 0 Å². The molecule has 2 N–H and O–H groups in total. The molecule has 0 fully saturated rings. The van der Waals surface area contributed by atoms with Crippen molar-refractivity contribution in [3.05, 3.63) is 22.6 Å². The summed E-state index contributed by atoms with van der Waals surface area (Å²) in [7, 11) is 0. The average Bonchev–Trinajstić information content (AvgIpc) is 2.75. The number of aromatic nitrogens is 2. The minimum Gasteiger partial charge on any atom is -0.355 e. The Kier molecular flexibility index (Phi) is 9.28. The Morgan fingerprint density at radius 2 is 2.25 bits per heavy atom. The molecular weight excluding hydrogens is 321 g/mol. The van der Waals surface area contributed by atoms with Crippen LogP contribution in [0.1, 0.15) is 6.92 Å². The number of rotatable bonds is 6. The van der Waals surface area contributed by atoms with Gasteiger partial charge in [-0.3, -0.25) is 14.8 Å². The van der Waals surface area contributed by atoms with E-state index in [2.05, 4.69) is 25.3 Å². The Morgan fingerprint density at radius 1 is 1.45 bits per heavy atom. The summed E-state index contributed by atoms with van der Waals surface area (Å²) < 4.78 is 0. The van der Waals surface area contributed by atoms with Crippen molar-refractivity contribution in [1.29, 1.82) is 0 Å². The number of aromatic amines is 1. The van der Waals surface area contributed by atoms with E-state index in [0.29, 0.717) is 5.95 Å². The Bertz CT molecular complexity index is 520. The van der Waals surface area contributed by atoms with Crippen LogP contribution in [0.3, 0.4) is 0 Å². The first-order valence-electron chi connectivity index (χ1n) is 5.68. The van der Waals surface area contributed by atoms with Gasteiger partial charge in [0.2, 0.25) is 5.95 Å². The first kappa shape index (κ1) is 18.9. The van der Waals surface area contributed by atoms with Crippen LogP contribution in [-0.2, 0) is 0 Å². The van der Waals surface area contributed by atoms with Gasteiger partial charge in [0.15, 0.2) is 0 Å². The summed E-state index contributed by atoms with van der Waals surface area (Å²) in [4.78, 5) is 26.0. The van der Waals surface area contributed by atoms with E-state index in [1.807, 2.05) is 6.92 Å². The normalized spacial score (nSPS) is 16.1. The molecule has 0 bridgehead atoms. The summed E-state index contributed by atoms with van der Waals surface area (Å²) in [6, 6.07) is 1.62. The van der Waals surface area contributed by atoms with Gasteiger partial charge in [0.1, 0.15) is 6.34 Å². The second-order valence-electron chi connectivity index (χ2n) is 3.84. The molecule has 1 unspecified atom stereocenters. The molecule has 2 rings (SSSR count). The fraction of sp³-hybridized carbons (Fsp3) is 0.455. The lowest BCUT2D eigenvalue weighted by Crippen LogP contribution is -2.17.